The van der Waals surface area contributed by atoms with Gasteiger partial charge in [0.15, 0.2) is 0 Å². The first kappa shape index (κ1) is 27.3. The molecule has 0 spiro atoms. The zero-order chi connectivity index (χ0) is 26.8. The fourth-order valence-electron chi connectivity index (χ4n) is 3.59. The monoisotopic (exact) mass is 591 g/mol. The number of carbonyl (C=O) groups is 1. The van der Waals surface area contributed by atoms with Crippen molar-refractivity contribution in [3.8, 4) is 5.75 Å². The highest BCUT2D eigenvalue weighted by atomic mass is 79.9. The van der Waals surface area contributed by atoms with E-state index in [1.165, 1.54) is 18.3 Å². The minimum atomic E-state index is -3.95. The lowest BCUT2D eigenvalue weighted by Crippen LogP contribution is -2.39. The van der Waals surface area contributed by atoms with Crippen LogP contribution in [0.3, 0.4) is 0 Å². The summed E-state index contributed by atoms with van der Waals surface area (Å²) in [4.78, 5) is 12.9. The van der Waals surface area contributed by atoms with E-state index >= 15 is 0 Å². The average molecular weight is 593 g/mol. The topological polar surface area (TPSA) is 88.1 Å². The minimum Gasteiger partial charge on any atom is -0.488 e. The zero-order valence-electron chi connectivity index (χ0n) is 20.4. The third-order valence-electron chi connectivity index (χ3n) is 5.52. The standard InChI is InChI=1S/C29H26BrN3O4S/c30-26-15-17-27(18-16-26)38(35,36)33(20-23-9-3-1-4-10-23)21-29(34)32-31-19-25-13-7-8-14-28(25)37-22-24-11-5-2-6-12-24/h1-19H,20-22H2,(H,32,34)/b31-19-. The van der Waals surface area contributed by atoms with Gasteiger partial charge in [-0.1, -0.05) is 88.7 Å². The minimum absolute atomic E-state index is 0.0343. The summed E-state index contributed by atoms with van der Waals surface area (Å²) in [6, 6.07) is 32.5. The van der Waals surface area contributed by atoms with Crippen molar-refractivity contribution >= 4 is 38.1 Å². The Morgan fingerprint density at radius 1 is 0.842 bits per heavy atom. The van der Waals surface area contributed by atoms with Gasteiger partial charge < -0.3 is 4.74 Å². The van der Waals surface area contributed by atoms with E-state index in [0.717, 1.165) is 19.9 Å². The van der Waals surface area contributed by atoms with Gasteiger partial charge in [0.05, 0.1) is 17.7 Å². The molecule has 4 rings (SSSR count). The smallest absolute Gasteiger partial charge is 0.255 e. The van der Waals surface area contributed by atoms with E-state index in [2.05, 4.69) is 26.5 Å². The van der Waals surface area contributed by atoms with E-state index in [4.69, 9.17) is 4.74 Å². The number of para-hydroxylation sites is 1. The molecule has 0 unspecified atom stereocenters. The highest BCUT2D eigenvalue weighted by Gasteiger charge is 2.27. The fraction of sp³-hybridized carbons (Fsp3) is 0.103. The molecule has 0 bridgehead atoms. The van der Waals surface area contributed by atoms with Crippen LogP contribution in [0.4, 0.5) is 0 Å². The number of nitrogens with one attached hydrogen (secondary N) is 1. The molecule has 0 radical (unpaired) electrons. The second kappa shape index (κ2) is 13.1. The summed E-state index contributed by atoms with van der Waals surface area (Å²) in [6.07, 6.45) is 1.48. The lowest BCUT2D eigenvalue weighted by Gasteiger charge is -2.21. The molecule has 0 heterocycles. The normalized spacial score (nSPS) is 11.5. The van der Waals surface area contributed by atoms with Crippen molar-refractivity contribution in [2.75, 3.05) is 6.54 Å². The van der Waals surface area contributed by atoms with Crippen LogP contribution in [-0.2, 0) is 28.0 Å². The number of carbonyl (C=O) groups excluding carboxylic acids is 1. The lowest BCUT2D eigenvalue weighted by molar-refractivity contribution is -0.121. The summed E-state index contributed by atoms with van der Waals surface area (Å²) in [7, 11) is -3.95. The third kappa shape index (κ3) is 7.61. The maximum Gasteiger partial charge on any atom is 0.255 e. The number of halogens is 1. The molecule has 0 aliphatic rings. The van der Waals surface area contributed by atoms with Crippen molar-refractivity contribution in [3.63, 3.8) is 0 Å². The van der Waals surface area contributed by atoms with Crippen molar-refractivity contribution in [1.29, 1.82) is 0 Å². The third-order valence-corrected chi connectivity index (χ3v) is 7.86. The first-order chi connectivity index (χ1) is 18.4. The molecular formula is C29H26BrN3O4S. The molecule has 9 heteroatoms. The molecule has 0 atom stereocenters. The number of sulfonamides is 1. The van der Waals surface area contributed by atoms with E-state index in [1.807, 2.05) is 84.9 Å². The predicted octanol–water partition coefficient (Wildman–Crippen LogP) is 5.37. The molecule has 0 aliphatic carbocycles. The maximum absolute atomic E-state index is 13.4. The van der Waals surface area contributed by atoms with Crippen LogP contribution in [0.5, 0.6) is 5.75 Å². The Labute approximate surface area is 231 Å². The predicted molar refractivity (Wildman–Crippen MR) is 151 cm³/mol. The van der Waals surface area contributed by atoms with Crippen LogP contribution in [0, 0.1) is 0 Å². The molecule has 38 heavy (non-hydrogen) atoms. The van der Waals surface area contributed by atoms with Crippen LogP contribution in [0.15, 0.2) is 124 Å². The SMILES string of the molecule is O=C(CN(Cc1ccccc1)S(=O)(=O)c1ccc(Br)cc1)N/N=C\c1ccccc1OCc1ccccc1. The Kier molecular flexibility index (Phi) is 9.42. The molecule has 1 N–H and O–H groups in total. The molecule has 0 saturated carbocycles. The van der Waals surface area contributed by atoms with Gasteiger partial charge in [-0.05, 0) is 47.5 Å². The quantitative estimate of drug-likeness (QED) is 0.188. The van der Waals surface area contributed by atoms with E-state index < -0.39 is 22.5 Å². The molecule has 0 fully saturated rings. The van der Waals surface area contributed by atoms with E-state index in [0.29, 0.717) is 17.9 Å². The number of hydrogen-bond donors (Lipinski definition) is 1. The molecule has 0 saturated heterocycles. The van der Waals surface area contributed by atoms with Crippen molar-refractivity contribution in [2.24, 2.45) is 5.10 Å². The Hall–Kier alpha value is -3.79. The molecule has 4 aromatic carbocycles. The number of ether oxygens (including phenoxy) is 1. The molecule has 194 valence electrons. The fourth-order valence-corrected chi connectivity index (χ4v) is 5.24. The average Bonchev–Trinajstić information content (AvgIpc) is 2.93. The van der Waals surface area contributed by atoms with Crippen LogP contribution >= 0.6 is 15.9 Å². The number of hydrogen-bond acceptors (Lipinski definition) is 5. The van der Waals surface area contributed by atoms with Gasteiger partial charge in [-0.2, -0.15) is 9.41 Å². The van der Waals surface area contributed by atoms with E-state index in [9.17, 15) is 13.2 Å². The molecule has 0 aromatic heterocycles. The Bertz CT molecular complexity index is 1480. The number of benzene rings is 4. The summed E-state index contributed by atoms with van der Waals surface area (Å²) in [5, 5.41) is 4.05. The Balaban J connectivity index is 1.45. The Morgan fingerprint density at radius 3 is 2.13 bits per heavy atom. The summed E-state index contributed by atoms with van der Waals surface area (Å²) in [6.45, 7) is 0.0176. The first-order valence-electron chi connectivity index (χ1n) is 11.8. The van der Waals surface area contributed by atoms with Gasteiger partial charge in [0.1, 0.15) is 12.4 Å². The van der Waals surface area contributed by atoms with Gasteiger partial charge >= 0.3 is 0 Å². The van der Waals surface area contributed by atoms with E-state index in [1.54, 1.807) is 12.1 Å². The lowest BCUT2D eigenvalue weighted by atomic mass is 10.2. The second-order valence-electron chi connectivity index (χ2n) is 8.32. The van der Waals surface area contributed by atoms with Crippen molar-refractivity contribution in [1.82, 2.24) is 9.73 Å². The van der Waals surface area contributed by atoms with Crippen LogP contribution in [0.2, 0.25) is 0 Å². The second-order valence-corrected chi connectivity index (χ2v) is 11.2. The summed E-state index contributed by atoms with van der Waals surface area (Å²) in [5.41, 5.74) is 4.90. The zero-order valence-corrected chi connectivity index (χ0v) is 22.8. The van der Waals surface area contributed by atoms with Gasteiger partial charge in [0.2, 0.25) is 10.0 Å². The molecular weight excluding hydrogens is 566 g/mol. The van der Waals surface area contributed by atoms with Crippen LogP contribution < -0.4 is 10.2 Å². The molecule has 0 aliphatic heterocycles. The van der Waals surface area contributed by atoms with Gasteiger partial charge in [-0.3, -0.25) is 4.79 Å². The maximum atomic E-state index is 13.4. The molecule has 1 amide bonds. The van der Waals surface area contributed by atoms with Gasteiger partial charge in [-0.25, -0.2) is 13.8 Å². The first-order valence-corrected chi connectivity index (χ1v) is 14.0. The van der Waals surface area contributed by atoms with Crippen molar-refractivity contribution < 1.29 is 17.9 Å². The molecule has 4 aromatic rings. The summed E-state index contributed by atoms with van der Waals surface area (Å²) >= 11 is 3.32. The highest BCUT2D eigenvalue weighted by molar-refractivity contribution is 9.10. The van der Waals surface area contributed by atoms with Crippen LogP contribution in [-0.4, -0.2) is 31.4 Å². The number of amides is 1. The highest BCUT2D eigenvalue weighted by Crippen LogP contribution is 2.21. The van der Waals surface area contributed by atoms with Gasteiger partial charge in [0.25, 0.3) is 5.91 Å². The number of nitrogens with zero attached hydrogens (tertiary/aromatic N) is 2. The van der Waals surface area contributed by atoms with E-state index in [-0.39, 0.29) is 11.4 Å². The van der Waals surface area contributed by atoms with Crippen molar-refractivity contribution in [3.05, 3.63) is 130 Å². The van der Waals surface area contributed by atoms with Crippen LogP contribution in [0.1, 0.15) is 16.7 Å². The number of rotatable bonds is 11. The largest absolute Gasteiger partial charge is 0.488 e. The van der Waals surface area contributed by atoms with Gasteiger partial charge in [-0.15, -0.1) is 0 Å². The summed E-state index contributed by atoms with van der Waals surface area (Å²) < 4.78 is 34.6. The van der Waals surface area contributed by atoms with Crippen LogP contribution in [0.25, 0.3) is 0 Å². The van der Waals surface area contributed by atoms with Crippen molar-refractivity contribution in [2.45, 2.75) is 18.0 Å². The summed E-state index contributed by atoms with van der Waals surface area (Å²) in [5.74, 6) is 0.0402. The van der Waals surface area contributed by atoms with Gasteiger partial charge in [0, 0.05) is 16.6 Å². The molecule has 7 nitrogen and oxygen atoms in total. The Morgan fingerprint density at radius 2 is 1.45 bits per heavy atom. The number of hydrazone groups is 1.